The highest BCUT2D eigenvalue weighted by Gasteiger charge is 2.13. The number of carbonyl (C=O) groups excluding carboxylic acids is 2. The molecule has 1 heterocycles. The van der Waals surface area contributed by atoms with Gasteiger partial charge in [0.2, 0.25) is 0 Å². The van der Waals surface area contributed by atoms with Crippen molar-refractivity contribution in [3.8, 4) is 0 Å². The number of benzene rings is 1. The van der Waals surface area contributed by atoms with Crippen LogP contribution in [0.2, 0.25) is 5.02 Å². The van der Waals surface area contributed by atoms with Crippen molar-refractivity contribution in [3.63, 3.8) is 0 Å². The molecule has 0 saturated carbocycles. The Morgan fingerprint density at radius 2 is 2.15 bits per heavy atom. The number of halogens is 1. The summed E-state index contributed by atoms with van der Waals surface area (Å²) in [5.41, 5.74) is 0.229. The molecule has 0 unspecified atom stereocenters. The Morgan fingerprint density at radius 1 is 1.40 bits per heavy atom. The summed E-state index contributed by atoms with van der Waals surface area (Å²) in [5, 5.41) is 3.30. The Morgan fingerprint density at radius 3 is 2.80 bits per heavy atom. The van der Waals surface area contributed by atoms with Crippen molar-refractivity contribution in [1.82, 2.24) is 4.98 Å². The van der Waals surface area contributed by atoms with E-state index in [-0.39, 0.29) is 17.2 Å². The van der Waals surface area contributed by atoms with Crippen LogP contribution in [-0.2, 0) is 9.53 Å². The molecule has 2 aromatic rings. The van der Waals surface area contributed by atoms with Gasteiger partial charge in [-0.1, -0.05) is 23.7 Å². The molecule has 1 aromatic carbocycles. The van der Waals surface area contributed by atoms with Gasteiger partial charge in [0.05, 0.1) is 10.6 Å². The van der Waals surface area contributed by atoms with E-state index in [1.54, 1.807) is 24.4 Å². The number of aromatic nitrogens is 1. The summed E-state index contributed by atoms with van der Waals surface area (Å²) in [6.07, 6.45) is 1.65. The van der Waals surface area contributed by atoms with Crippen LogP contribution in [0.1, 0.15) is 15.2 Å². The lowest BCUT2D eigenvalue weighted by Crippen LogP contribution is -2.20. The fourth-order valence-corrected chi connectivity index (χ4v) is 2.30. The first-order chi connectivity index (χ1) is 9.56. The third kappa shape index (κ3) is 3.79. The molecule has 1 aromatic heterocycles. The van der Waals surface area contributed by atoms with Crippen LogP contribution in [0.5, 0.6) is 0 Å². The van der Waals surface area contributed by atoms with Crippen molar-refractivity contribution in [1.29, 1.82) is 0 Å². The number of rotatable bonds is 4. The smallest absolute Gasteiger partial charge is 0.340 e. The number of aryl methyl sites for hydroxylation is 1. The summed E-state index contributed by atoms with van der Waals surface area (Å²) in [6, 6.07) is 6.49. The average Bonchev–Trinajstić information content (AvgIpc) is 2.82. The van der Waals surface area contributed by atoms with E-state index in [4.69, 9.17) is 16.3 Å². The maximum atomic E-state index is 11.7. The van der Waals surface area contributed by atoms with Crippen LogP contribution in [0.25, 0.3) is 0 Å². The van der Waals surface area contributed by atoms with Crippen molar-refractivity contribution >= 4 is 39.9 Å². The highest BCUT2D eigenvalue weighted by molar-refractivity contribution is 7.15. The van der Waals surface area contributed by atoms with Gasteiger partial charge in [-0.2, -0.15) is 0 Å². The van der Waals surface area contributed by atoms with E-state index in [1.165, 1.54) is 17.4 Å². The van der Waals surface area contributed by atoms with E-state index in [2.05, 4.69) is 10.3 Å². The van der Waals surface area contributed by atoms with Gasteiger partial charge in [-0.15, -0.1) is 11.3 Å². The molecule has 0 radical (unpaired) electrons. The second kappa shape index (κ2) is 6.49. The van der Waals surface area contributed by atoms with Crippen molar-refractivity contribution in [2.24, 2.45) is 0 Å². The number of ether oxygens (including phenoxy) is 1. The van der Waals surface area contributed by atoms with Gasteiger partial charge in [0.15, 0.2) is 11.7 Å². The molecule has 0 aliphatic rings. The molecular formula is C13H11ClN2O3S. The van der Waals surface area contributed by atoms with Gasteiger partial charge in [-0.25, -0.2) is 9.78 Å². The molecule has 7 heteroatoms. The molecule has 2 rings (SSSR count). The first kappa shape index (κ1) is 14.5. The molecule has 0 bridgehead atoms. The minimum Gasteiger partial charge on any atom is -0.452 e. The summed E-state index contributed by atoms with van der Waals surface area (Å²) in [5.74, 6) is -1.08. The SMILES string of the molecule is Cc1cnc(NC(=O)COC(=O)c2ccccc2Cl)s1. The van der Waals surface area contributed by atoms with Gasteiger partial charge in [0.1, 0.15) is 0 Å². The summed E-state index contributed by atoms with van der Waals surface area (Å²) >= 11 is 7.20. The highest BCUT2D eigenvalue weighted by Crippen LogP contribution is 2.17. The quantitative estimate of drug-likeness (QED) is 0.882. The number of esters is 1. The minimum atomic E-state index is -0.638. The van der Waals surface area contributed by atoms with Gasteiger partial charge >= 0.3 is 5.97 Å². The van der Waals surface area contributed by atoms with Gasteiger partial charge in [-0.05, 0) is 19.1 Å². The summed E-state index contributed by atoms with van der Waals surface area (Å²) in [4.78, 5) is 28.3. The average molecular weight is 311 g/mol. The Kier molecular flexibility index (Phi) is 4.70. The number of carbonyl (C=O) groups is 2. The minimum absolute atomic E-state index is 0.229. The van der Waals surface area contributed by atoms with Gasteiger partial charge < -0.3 is 4.74 Å². The van der Waals surface area contributed by atoms with Crippen LogP contribution in [0.15, 0.2) is 30.5 Å². The predicted molar refractivity (Wildman–Crippen MR) is 77.2 cm³/mol. The first-order valence-electron chi connectivity index (χ1n) is 5.70. The Bertz CT molecular complexity index is 642. The van der Waals surface area contributed by atoms with Crippen LogP contribution >= 0.6 is 22.9 Å². The van der Waals surface area contributed by atoms with E-state index in [0.717, 1.165) is 4.88 Å². The molecular weight excluding hydrogens is 300 g/mol. The molecule has 1 N–H and O–H groups in total. The van der Waals surface area contributed by atoms with Gasteiger partial charge in [-0.3, -0.25) is 10.1 Å². The van der Waals surface area contributed by atoms with Crippen LogP contribution in [0.3, 0.4) is 0 Å². The molecule has 0 saturated heterocycles. The number of anilines is 1. The van der Waals surface area contributed by atoms with Gasteiger partial charge in [0, 0.05) is 11.1 Å². The van der Waals surface area contributed by atoms with E-state index >= 15 is 0 Å². The number of thiazole rings is 1. The molecule has 0 aliphatic heterocycles. The fraction of sp³-hybridized carbons (Fsp3) is 0.154. The van der Waals surface area contributed by atoms with E-state index in [9.17, 15) is 9.59 Å². The van der Waals surface area contributed by atoms with Crippen molar-refractivity contribution in [2.75, 3.05) is 11.9 Å². The van der Waals surface area contributed by atoms with E-state index in [1.807, 2.05) is 6.92 Å². The summed E-state index contributed by atoms with van der Waals surface area (Å²) < 4.78 is 4.89. The summed E-state index contributed by atoms with van der Waals surface area (Å²) in [6.45, 7) is 1.49. The second-order valence-corrected chi connectivity index (χ2v) is 5.52. The maximum Gasteiger partial charge on any atom is 0.340 e. The lowest BCUT2D eigenvalue weighted by molar-refractivity contribution is -0.119. The molecule has 5 nitrogen and oxygen atoms in total. The normalized spacial score (nSPS) is 10.1. The highest BCUT2D eigenvalue weighted by atomic mass is 35.5. The molecule has 0 atom stereocenters. The Hall–Kier alpha value is -1.92. The number of nitrogens with one attached hydrogen (secondary N) is 1. The maximum absolute atomic E-state index is 11.7. The van der Waals surface area contributed by atoms with Crippen molar-refractivity contribution in [3.05, 3.63) is 45.9 Å². The van der Waals surface area contributed by atoms with Crippen molar-refractivity contribution < 1.29 is 14.3 Å². The number of hydrogen-bond acceptors (Lipinski definition) is 5. The van der Waals surface area contributed by atoms with Gasteiger partial charge in [0.25, 0.3) is 5.91 Å². The van der Waals surface area contributed by atoms with Crippen LogP contribution in [0, 0.1) is 6.92 Å². The van der Waals surface area contributed by atoms with Crippen LogP contribution < -0.4 is 5.32 Å². The Balaban J connectivity index is 1.87. The zero-order valence-corrected chi connectivity index (χ0v) is 12.1. The molecule has 1 amide bonds. The van der Waals surface area contributed by atoms with Crippen molar-refractivity contribution in [2.45, 2.75) is 6.92 Å². The van der Waals surface area contributed by atoms with Crippen LogP contribution in [0.4, 0.5) is 5.13 Å². The number of nitrogens with zero attached hydrogens (tertiary/aromatic N) is 1. The second-order valence-electron chi connectivity index (χ2n) is 3.88. The monoisotopic (exact) mass is 310 g/mol. The molecule has 0 spiro atoms. The molecule has 0 fully saturated rings. The lowest BCUT2D eigenvalue weighted by atomic mass is 10.2. The topological polar surface area (TPSA) is 68.3 Å². The van der Waals surface area contributed by atoms with Crippen LogP contribution in [-0.4, -0.2) is 23.5 Å². The number of amides is 1. The third-order valence-electron chi connectivity index (χ3n) is 2.30. The van der Waals surface area contributed by atoms with E-state index in [0.29, 0.717) is 5.13 Å². The third-order valence-corrected chi connectivity index (χ3v) is 3.45. The Labute approximate surface area is 124 Å². The predicted octanol–water partition coefficient (Wildman–Crippen LogP) is 2.90. The van der Waals surface area contributed by atoms with E-state index < -0.39 is 11.9 Å². The first-order valence-corrected chi connectivity index (χ1v) is 6.89. The zero-order chi connectivity index (χ0) is 14.5. The summed E-state index contributed by atoms with van der Waals surface area (Å²) in [7, 11) is 0. The standard InChI is InChI=1S/C13H11ClN2O3S/c1-8-6-15-13(20-8)16-11(17)7-19-12(18)9-4-2-3-5-10(9)14/h2-6H,7H2,1H3,(H,15,16,17). The number of hydrogen-bond donors (Lipinski definition) is 1. The fourth-order valence-electron chi connectivity index (χ4n) is 1.40. The molecule has 0 aliphatic carbocycles. The lowest BCUT2D eigenvalue weighted by Gasteiger charge is -2.05. The molecule has 20 heavy (non-hydrogen) atoms. The molecule has 104 valence electrons. The zero-order valence-electron chi connectivity index (χ0n) is 10.6. The largest absolute Gasteiger partial charge is 0.452 e.